The molecule has 0 bridgehead atoms. The van der Waals surface area contributed by atoms with Gasteiger partial charge < -0.3 is 0 Å². The van der Waals surface area contributed by atoms with E-state index in [1.807, 2.05) is 6.08 Å². The first-order chi connectivity index (χ1) is 9.33. The molecular weight excluding hydrogens is 228 g/mol. The average molecular weight is 254 g/mol. The molecule has 1 saturated carbocycles. The van der Waals surface area contributed by atoms with Crippen LogP contribution in [0.15, 0.2) is 49.1 Å². The van der Waals surface area contributed by atoms with Crippen molar-refractivity contribution in [2.75, 3.05) is 0 Å². The van der Waals surface area contributed by atoms with Crippen molar-refractivity contribution in [1.29, 1.82) is 0 Å². The van der Waals surface area contributed by atoms with Crippen LogP contribution in [0.3, 0.4) is 0 Å². The first kappa shape index (κ1) is 14.1. The molecular formula is C19H26. The third-order valence-corrected chi connectivity index (χ3v) is 4.45. The molecule has 0 aliphatic heterocycles. The summed E-state index contributed by atoms with van der Waals surface area (Å²) in [6.07, 6.45) is 14.1. The van der Waals surface area contributed by atoms with E-state index >= 15 is 0 Å². The molecule has 19 heavy (non-hydrogen) atoms. The van der Waals surface area contributed by atoms with E-state index in [2.05, 4.69) is 49.9 Å². The molecule has 2 rings (SSSR count). The molecule has 0 aromatic heterocycles. The molecule has 0 unspecified atom stereocenters. The number of benzene rings is 1. The van der Waals surface area contributed by atoms with Gasteiger partial charge in [-0.15, -0.1) is 0 Å². The maximum atomic E-state index is 3.72. The zero-order valence-electron chi connectivity index (χ0n) is 12.1. The molecule has 0 N–H and O–H groups in total. The number of hydrogen-bond donors (Lipinski definition) is 0. The predicted molar refractivity (Wildman–Crippen MR) is 84.5 cm³/mol. The summed E-state index contributed by atoms with van der Waals surface area (Å²) < 4.78 is 0. The van der Waals surface area contributed by atoms with Gasteiger partial charge >= 0.3 is 0 Å². The second-order valence-electron chi connectivity index (χ2n) is 5.71. The van der Waals surface area contributed by atoms with Gasteiger partial charge in [-0.3, -0.25) is 0 Å². The normalized spacial score (nSPS) is 23.6. The van der Waals surface area contributed by atoms with E-state index in [4.69, 9.17) is 0 Å². The van der Waals surface area contributed by atoms with Gasteiger partial charge in [0.2, 0.25) is 0 Å². The number of allylic oxidation sites excluding steroid dienone is 3. The molecule has 0 amide bonds. The van der Waals surface area contributed by atoms with Crippen LogP contribution in [0, 0.1) is 5.92 Å². The predicted octanol–water partition coefficient (Wildman–Crippen LogP) is 5.66. The summed E-state index contributed by atoms with van der Waals surface area (Å²) in [7, 11) is 0. The Bertz CT molecular complexity index is 402. The van der Waals surface area contributed by atoms with Crippen LogP contribution in [0.25, 0.3) is 0 Å². The zero-order valence-corrected chi connectivity index (χ0v) is 12.1. The standard InChI is InChI=1S/C19H26/c1-3-5-6-7-17-10-14-19(15-11-17)18-12-8-16(4-2)9-13-18/h3,5-6,8-9,12-13,17,19H,1,4,7,10-11,14-15H2,2H3. The SMILES string of the molecule is C=CC=CCC1CCC(c2ccc(CC)cc2)CC1. The van der Waals surface area contributed by atoms with Gasteiger partial charge in [0.25, 0.3) is 0 Å². The summed E-state index contributed by atoms with van der Waals surface area (Å²) in [4.78, 5) is 0. The highest BCUT2D eigenvalue weighted by atomic mass is 14.3. The van der Waals surface area contributed by atoms with Crippen molar-refractivity contribution in [3.8, 4) is 0 Å². The van der Waals surface area contributed by atoms with Gasteiger partial charge in [-0.25, -0.2) is 0 Å². The minimum atomic E-state index is 0.797. The molecule has 0 heteroatoms. The Kier molecular flexibility index (Phi) is 5.44. The molecule has 0 saturated heterocycles. The first-order valence-corrected chi connectivity index (χ1v) is 7.70. The van der Waals surface area contributed by atoms with Crippen LogP contribution in [-0.4, -0.2) is 0 Å². The average Bonchev–Trinajstić information content (AvgIpc) is 2.48. The van der Waals surface area contributed by atoms with Crippen molar-refractivity contribution in [3.63, 3.8) is 0 Å². The lowest BCUT2D eigenvalue weighted by Gasteiger charge is -2.28. The Labute approximate surface area is 118 Å². The third-order valence-electron chi connectivity index (χ3n) is 4.45. The van der Waals surface area contributed by atoms with Gasteiger partial charge in [0.15, 0.2) is 0 Å². The number of aryl methyl sites for hydroxylation is 1. The van der Waals surface area contributed by atoms with Gasteiger partial charge in [-0.2, -0.15) is 0 Å². The van der Waals surface area contributed by atoms with Crippen molar-refractivity contribution < 1.29 is 0 Å². The fourth-order valence-corrected chi connectivity index (χ4v) is 3.12. The van der Waals surface area contributed by atoms with E-state index in [-0.39, 0.29) is 0 Å². The minimum Gasteiger partial charge on any atom is -0.0991 e. The van der Waals surface area contributed by atoms with Crippen molar-refractivity contribution in [3.05, 3.63) is 60.2 Å². The topological polar surface area (TPSA) is 0 Å². The number of rotatable bonds is 5. The molecule has 1 aliphatic rings. The Morgan fingerprint density at radius 3 is 2.37 bits per heavy atom. The van der Waals surface area contributed by atoms with Crippen molar-refractivity contribution in [2.24, 2.45) is 5.92 Å². The summed E-state index contributed by atoms with van der Waals surface area (Å²) >= 11 is 0. The lowest BCUT2D eigenvalue weighted by Crippen LogP contribution is -2.12. The molecule has 0 nitrogen and oxygen atoms in total. The maximum absolute atomic E-state index is 3.72. The number of hydrogen-bond acceptors (Lipinski definition) is 0. The quantitative estimate of drug-likeness (QED) is 0.595. The van der Waals surface area contributed by atoms with Gasteiger partial charge in [-0.05, 0) is 61.5 Å². The molecule has 1 aliphatic carbocycles. The highest BCUT2D eigenvalue weighted by molar-refractivity contribution is 5.25. The zero-order chi connectivity index (χ0) is 13.5. The van der Waals surface area contributed by atoms with Crippen LogP contribution >= 0.6 is 0 Å². The lowest BCUT2D eigenvalue weighted by molar-refractivity contribution is 0.328. The van der Waals surface area contributed by atoms with Crippen LogP contribution in [-0.2, 0) is 6.42 Å². The third kappa shape index (κ3) is 4.09. The van der Waals surface area contributed by atoms with E-state index in [1.54, 1.807) is 5.56 Å². The molecule has 102 valence electrons. The van der Waals surface area contributed by atoms with Crippen LogP contribution in [0.4, 0.5) is 0 Å². The monoisotopic (exact) mass is 254 g/mol. The fourth-order valence-electron chi connectivity index (χ4n) is 3.12. The molecule has 1 fully saturated rings. The summed E-state index contributed by atoms with van der Waals surface area (Å²) in [5, 5.41) is 0. The van der Waals surface area contributed by atoms with Crippen molar-refractivity contribution >= 4 is 0 Å². The first-order valence-electron chi connectivity index (χ1n) is 7.70. The largest absolute Gasteiger partial charge is 0.0991 e. The molecule has 1 aromatic rings. The smallest absolute Gasteiger partial charge is 0.0162 e. The van der Waals surface area contributed by atoms with E-state index < -0.39 is 0 Å². The highest BCUT2D eigenvalue weighted by Gasteiger charge is 2.21. The van der Waals surface area contributed by atoms with Gasteiger partial charge in [0, 0.05) is 0 Å². The Morgan fingerprint density at radius 2 is 1.79 bits per heavy atom. The molecule has 1 aromatic carbocycles. The Hall–Kier alpha value is -1.30. The van der Waals surface area contributed by atoms with E-state index in [9.17, 15) is 0 Å². The Morgan fingerprint density at radius 1 is 1.11 bits per heavy atom. The highest BCUT2D eigenvalue weighted by Crippen LogP contribution is 2.37. The van der Waals surface area contributed by atoms with Crippen LogP contribution < -0.4 is 0 Å². The molecule has 0 atom stereocenters. The lowest BCUT2D eigenvalue weighted by atomic mass is 9.77. The molecule has 0 radical (unpaired) electrons. The summed E-state index contributed by atoms with van der Waals surface area (Å²) in [6.45, 7) is 5.94. The molecule has 0 heterocycles. The second kappa shape index (κ2) is 7.33. The van der Waals surface area contributed by atoms with E-state index in [0.717, 1.165) is 18.3 Å². The van der Waals surface area contributed by atoms with Gasteiger partial charge in [-0.1, -0.05) is 56.0 Å². The van der Waals surface area contributed by atoms with Crippen LogP contribution in [0.1, 0.15) is 56.1 Å². The van der Waals surface area contributed by atoms with Crippen molar-refractivity contribution in [2.45, 2.75) is 51.4 Å². The summed E-state index contributed by atoms with van der Waals surface area (Å²) in [5.41, 5.74) is 3.00. The van der Waals surface area contributed by atoms with Crippen molar-refractivity contribution in [1.82, 2.24) is 0 Å². The van der Waals surface area contributed by atoms with Gasteiger partial charge in [0.05, 0.1) is 0 Å². The Balaban J connectivity index is 1.85. The van der Waals surface area contributed by atoms with E-state index in [0.29, 0.717) is 0 Å². The second-order valence-corrected chi connectivity index (χ2v) is 5.71. The van der Waals surface area contributed by atoms with Crippen LogP contribution in [0.2, 0.25) is 0 Å². The minimum absolute atomic E-state index is 0.797. The fraction of sp³-hybridized carbons (Fsp3) is 0.474. The summed E-state index contributed by atoms with van der Waals surface area (Å²) in [5.74, 6) is 1.69. The maximum Gasteiger partial charge on any atom is -0.0162 e. The molecule has 0 spiro atoms. The summed E-state index contributed by atoms with van der Waals surface area (Å²) in [6, 6.07) is 9.30. The van der Waals surface area contributed by atoms with Crippen LogP contribution in [0.5, 0.6) is 0 Å². The van der Waals surface area contributed by atoms with Gasteiger partial charge in [0.1, 0.15) is 0 Å². The van der Waals surface area contributed by atoms with E-state index in [1.165, 1.54) is 37.7 Å².